The van der Waals surface area contributed by atoms with Crippen LogP contribution < -0.4 is 11.1 Å². The summed E-state index contributed by atoms with van der Waals surface area (Å²) in [7, 11) is 0. The summed E-state index contributed by atoms with van der Waals surface area (Å²) < 4.78 is 25.9. The Hall–Kier alpha value is -0.920. The molecule has 0 heterocycles. The molecule has 1 aliphatic carbocycles. The summed E-state index contributed by atoms with van der Waals surface area (Å²) in [5.41, 5.74) is 6.32. The third-order valence-electron chi connectivity index (χ3n) is 3.39. The van der Waals surface area contributed by atoms with E-state index >= 15 is 0 Å². The number of benzene rings is 1. The fraction of sp³-hybridized carbons (Fsp3) is 0.500. The molecule has 3 nitrogen and oxygen atoms in total. The van der Waals surface area contributed by atoms with Gasteiger partial charge in [0.05, 0.1) is 0 Å². The molecule has 112 valence electrons. The smallest absolute Gasteiger partial charge is 0.188 e. The van der Waals surface area contributed by atoms with Gasteiger partial charge in [-0.2, -0.15) is 0 Å². The van der Waals surface area contributed by atoms with Crippen molar-refractivity contribution in [1.82, 2.24) is 5.32 Å². The maximum absolute atomic E-state index is 13.0. The van der Waals surface area contributed by atoms with Gasteiger partial charge in [-0.3, -0.25) is 4.99 Å². The molecule has 1 saturated carbocycles. The highest BCUT2D eigenvalue weighted by atomic mass is 127. The second-order valence-corrected chi connectivity index (χ2v) is 4.98. The van der Waals surface area contributed by atoms with E-state index in [1.54, 1.807) is 0 Å². The number of halogens is 3. The van der Waals surface area contributed by atoms with Crippen LogP contribution in [-0.4, -0.2) is 19.0 Å². The van der Waals surface area contributed by atoms with Gasteiger partial charge in [0.2, 0.25) is 0 Å². The van der Waals surface area contributed by atoms with Gasteiger partial charge in [0, 0.05) is 19.2 Å². The predicted molar refractivity (Wildman–Crippen MR) is 87.3 cm³/mol. The number of nitrogens with two attached hydrogens (primary N) is 1. The average Bonchev–Trinajstić information content (AvgIpc) is 2.25. The van der Waals surface area contributed by atoms with Gasteiger partial charge in [-0.15, -0.1) is 24.0 Å². The standard InChI is InChI=1S/C14H19F2N3.HI/c15-12-6-11(7-13(16)8-12)4-5-18-14(17)19-9-10-2-1-3-10;/h6-8,10H,1-5,9H2,(H3,17,18,19);1H. The fourth-order valence-electron chi connectivity index (χ4n) is 2.05. The Morgan fingerprint density at radius 2 is 1.90 bits per heavy atom. The van der Waals surface area contributed by atoms with Gasteiger partial charge in [0.1, 0.15) is 11.6 Å². The first-order valence-corrected chi connectivity index (χ1v) is 6.62. The van der Waals surface area contributed by atoms with Gasteiger partial charge in [0.15, 0.2) is 5.96 Å². The van der Waals surface area contributed by atoms with Gasteiger partial charge in [-0.05, 0) is 42.9 Å². The number of rotatable bonds is 5. The highest BCUT2D eigenvalue weighted by Gasteiger charge is 2.16. The predicted octanol–water partition coefficient (Wildman–Crippen LogP) is 2.83. The van der Waals surface area contributed by atoms with Gasteiger partial charge in [0.25, 0.3) is 0 Å². The van der Waals surface area contributed by atoms with Crippen LogP contribution in [0.1, 0.15) is 24.8 Å². The molecule has 2 rings (SSSR count). The molecule has 0 aliphatic heterocycles. The lowest BCUT2D eigenvalue weighted by molar-refractivity contribution is 0.326. The van der Waals surface area contributed by atoms with Crippen LogP contribution in [0.2, 0.25) is 0 Å². The first-order chi connectivity index (χ1) is 9.13. The molecular formula is C14H20F2IN3. The maximum atomic E-state index is 13.0. The highest BCUT2D eigenvalue weighted by Crippen LogP contribution is 2.26. The summed E-state index contributed by atoms with van der Waals surface area (Å²) in [6.07, 6.45) is 4.27. The molecule has 20 heavy (non-hydrogen) atoms. The highest BCUT2D eigenvalue weighted by molar-refractivity contribution is 14.0. The maximum Gasteiger partial charge on any atom is 0.188 e. The van der Waals surface area contributed by atoms with Crippen LogP contribution in [0.4, 0.5) is 8.78 Å². The van der Waals surface area contributed by atoms with Crippen LogP contribution in [0.3, 0.4) is 0 Å². The minimum atomic E-state index is -0.554. The Morgan fingerprint density at radius 1 is 1.25 bits per heavy atom. The van der Waals surface area contributed by atoms with Crippen LogP contribution in [-0.2, 0) is 6.42 Å². The lowest BCUT2D eigenvalue weighted by Crippen LogP contribution is -2.34. The Bertz CT molecular complexity index is 441. The molecule has 0 atom stereocenters. The van der Waals surface area contributed by atoms with E-state index in [4.69, 9.17) is 5.73 Å². The van der Waals surface area contributed by atoms with E-state index in [0.717, 1.165) is 12.6 Å². The van der Waals surface area contributed by atoms with Crippen LogP contribution >= 0.6 is 24.0 Å². The van der Waals surface area contributed by atoms with E-state index < -0.39 is 11.6 Å². The molecule has 0 unspecified atom stereocenters. The first kappa shape index (κ1) is 17.1. The molecule has 0 bridgehead atoms. The van der Waals surface area contributed by atoms with Crippen molar-refractivity contribution in [3.8, 4) is 0 Å². The van der Waals surface area contributed by atoms with Crippen LogP contribution in [0.15, 0.2) is 23.2 Å². The molecule has 0 spiro atoms. The van der Waals surface area contributed by atoms with E-state index in [-0.39, 0.29) is 24.0 Å². The largest absolute Gasteiger partial charge is 0.370 e. The lowest BCUT2D eigenvalue weighted by atomic mass is 9.86. The topological polar surface area (TPSA) is 50.4 Å². The Labute approximate surface area is 135 Å². The number of aliphatic imine (C=N–C) groups is 1. The molecule has 0 saturated heterocycles. The van der Waals surface area contributed by atoms with E-state index in [1.807, 2.05) is 0 Å². The zero-order chi connectivity index (χ0) is 13.7. The van der Waals surface area contributed by atoms with Crippen molar-refractivity contribution in [1.29, 1.82) is 0 Å². The number of nitrogens with one attached hydrogen (secondary N) is 1. The summed E-state index contributed by atoms with van der Waals surface area (Å²) in [6.45, 7) is 1.29. The number of hydrogen-bond acceptors (Lipinski definition) is 1. The van der Waals surface area contributed by atoms with Gasteiger partial charge in [-0.1, -0.05) is 6.42 Å². The van der Waals surface area contributed by atoms with E-state index in [9.17, 15) is 8.78 Å². The van der Waals surface area contributed by atoms with E-state index in [2.05, 4.69) is 10.3 Å². The van der Waals surface area contributed by atoms with Gasteiger partial charge >= 0.3 is 0 Å². The van der Waals surface area contributed by atoms with Crippen LogP contribution in [0.25, 0.3) is 0 Å². The Kier molecular flexibility index (Phi) is 7.18. The quantitative estimate of drug-likeness (QED) is 0.458. The van der Waals surface area contributed by atoms with Crippen LogP contribution in [0.5, 0.6) is 0 Å². The third-order valence-corrected chi connectivity index (χ3v) is 3.39. The number of guanidine groups is 1. The fourth-order valence-corrected chi connectivity index (χ4v) is 2.05. The van der Waals surface area contributed by atoms with Crippen molar-refractivity contribution in [2.45, 2.75) is 25.7 Å². The minimum Gasteiger partial charge on any atom is -0.370 e. The summed E-state index contributed by atoms with van der Waals surface area (Å²) in [4.78, 5) is 4.25. The van der Waals surface area contributed by atoms with Crippen molar-refractivity contribution in [2.75, 3.05) is 13.1 Å². The first-order valence-electron chi connectivity index (χ1n) is 6.62. The molecule has 3 N–H and O–H groups in total. The van der Waals surface area contributed by atoms with Gasteiger partial charge < -0.3 is 11.1 Å². The average molecular weight is 395 g/mol. The lowest BCUT2D eigenvalue weighted by Gasteiger charge is -2.23. The van der Waals surface area contributed by atoms with E-state index in [1.165, 1.54) is 31.4 Å². The second-order valence-electron chi connectivity index (χ2n) is 4.98. The van der Waals surface area contributed by atoms with Crippen molar-refractivity contribution >= 4 is 29.9 Å². The summed E-state index contributed by atoms with van der Waals surface area (Å²) >= 11 is 0. The van der Waals surface area contributed by atoms with Crippen molar-refractivity contribution in [3.63, 3.8) is 0 Å². The van der Waals surface area contributed by atoms with Crippen molar-refractivity contribution in [2.24, 2.45) is 16.6 Å². The Morgan fingerprint density at radius 3 is 2.45 bits per heavy atom. The van der Waals surface area contributed by atoms with Gasteiger partial charge in [-0.25, -0.2) is 8.78 Å². The minimum absolute atomic E-state index is 0. The van der Waals surface area contributed by atoms with Crippen LogP contribution in [0, 0.1) is 17.6 Å². The summed E-state index contributed by atoms with van der Waals surface area (Å²) in [5, 5.41) is 2.96. The molecule has 0 aromatic heterocycles. The zero-order valence-corrected chi connectivity index (χ0v) is 13.6. The Balaban J connectivity index is 0.00000200. The molecule has 0 radical (unpaired) electrons. The normalized spacial score (nSPS) is 15.4. The molecule has 1 aromatic carbocycles. The monoisotopic (exact) mass is 395 g/mol. The van der Waals surface area contributed by atoms with E-state index in [0.29, 0.717) is 30.4 Å². The second kappa shape index (κ2) is 8.39. The van der Waals surface area contributed by atoms with Crippen molar-refractivity contribution in [3.05, 3.63) is 35.4 Å². The molecule has 1 fully saturated rings. The summed E-state index contributed by atoms with van der Waals surface area (Å²) in [5.74, 6) is -0.0234. The van der Waals surface area contributed by atoms with Crippen molar-refractivity contribution < 1.29 is 8.78 Å². The number of hydrogen-bond donors (Lipinski definition) is 2. The molecule has 1 aromatic rings. The zero-order valence-electron chi connectivity index (χ0n) is 11.2. The molecule has 6 heteroatoms. The molecule has 1 aliphatic rings. The molecular weight excluding hydrogens is 375 g/mol. The SMILES string of the molecule is I.NC(=NCC1CCC1)NCCc1cc(F)cc(F)c1. The third kappa shape index (κ3) is 5.60. The molecule has 0 amide bonds. The number of nitrogens with zero attached hydrogens (tertiary/aromatic N) is 1. The summed E-state index contributed by atoms with van der Waals surface area (Å²) in [6, 6.07) is 3.52.